The van der Waals surface area contributed by atoms with Crippen LogP contribution in [0.5, 0.6) is 0 Å². The molecule has 2 aliphatic rings. The smallest absolute Gasteiger partial charge is 0.308 e. The van der Waals surface area contributed by atoms with E-state index in [0.29, 0.717) is 0 Å². The average Bonchev–Trinajstić information content (AvgIpc) is 2.83. The second-order valence-corrected chi connectivity index (χ2v) is 8.89. The van der Waals surface area contributed by atoms with Gasteiger partial charge in [-0.2, -0.15) is 0 Å². The van der Waals surface area contributed by atoms with Gasteiger partial charge in [-0.15, -0.1) is 24.0 Å². The summed E-state index contributed by atoms with van der Waals surface area (Å²) in [5, 5.41) is 3.42. The highest BCUT2D eigenvalue weighted by Gasteiger charge is 2.27. The topological polar surface area (TPSA) is 60.4 Å². The first-order valence-corrected chi connectivity index (χ1v) is 12.3. The second kappa shape index (κ2) is 14.7. The highest BCUT2D eigenvalue weighted by Crippen LogP contribution is 2.19. The molecule has 0 aliphatic carbocycles. The molecule has 0 radical (unpaired) electrons. The molecule has 33 heavy (non-hydrogen) atoms. The van der Waals surface area contributed by atoms with Gasteiger partial charge < -0.3 is 19.9 Å². The van der Waals surface area contributed by atoms with Gasteiger partial charge in [0.2, 0.25) is 0 Å². The van der Waals surface area contributed by atoms with E-state index in [2.05, 4.69) is 58.1 Å². The van der Waals surface area contributed by atoms with Crippen LogP contribution in [-0.4, -0.2) is 87.7 Å². The second-order valence-electron chi connectivity index (χ2n) is 8.89. The fourth-order valence-electron chi connectivity index (χ4n) is 4.61. The molecule has 186 valence electrons. The zero-order valence-electron chi connectivity index (χ0n) is 20.6. The Morgan fingerprint density at radius 3 is 2.48 bits per heavy atom. The molecule has 0 unspecified atom stereocenters. The number of guanidine groups is 1. The number of hydrogen-bond acceptors (Lipinski definition) is 5. The first-order chi connectivity index (χ1) is 15.6. The van der Waals surface area contributed by atoms with Crippen LogP contribution in [-0.2, 0) is 9.53 Å². The van der Waals surface area contributed by atoms with E-state index in [0.717, 1.165) is 84.1 Å². The monoisotopic (exact) mass is 571 g/mol. The number of aliphatic imine (C=N–C) groups is 1. The molecular weight excluding hydrogens is 529 g/mol. The van der Waals surface area contributed by atoms with Gasteiger partial charge in [0.1, 0.15) is 0 Å². The van der Waals surface area contributed by atoms with Crippen molar-refractivity contribution in [1.82, 2.24) is 15.1 Å². The molecule has 7 nitrogen and oxygen atoms in total. The van der Waals surface area contributed by atoms with Gasteiger partial charge >= 0.3 is 5.97 Å². The Hall–Kier alpha value is -1.55. The number of halogens is 1. The number of nitrogens with one attached hydrogen (secondary N) is 1. The first kappa shape index (κ1) is 27.7. The molecule has 2 fully saturated rings. The van der Waals surface area contributed by atoms with Crippen molar-refractivity contribution in [2.45, 2.75) is 39.5 Å². The van der Waals surface area contributed by atoms with Crippen LogP contribution in [0.15, 0.2) is 29.3 Å². The summed E-state index contributed by atoms with van der Waals surface area (Å²) in [6, 6.07) is 8.82. The molecule has 2 aliphatic heterocycles. The Morgan fingerprint density at radius 2 is 1.85 bits per heavy atom. The lowest BCUT2D eigenvalue weighted by Gasteiger charge is -2.36. The Labute approximate surface area is 216 Å². The van der Waals surface area contributed by atoms with E-state index in [9.17, 15) is 4.79 Å². The number of aryl methyl sites for hydroxylation is 1. The Balaban J connectivity index is 0.00000385. The zero-order valence-corrected chi connectivity index (χ0v) is 22.9. The summed E-state index contributed by atoms with van der Waals surface area (Å²) < 4.78 is 4.90. The first-order valence-electron chi connectivity index (χ1n) is 12.3. The number of hydrogen-bond donors (Lipinski definition) is 1. The molecule has 0 aromatic heterocycles. The van der Waals surface area contributed by atoms with Crippen molar-refractivity contribution in [3.63, 3.8) is 0 Å². The zero-order chi connectivity index (χ0) is 22.8. The van der Waals surface area contributed by atoms with Crippen molar-refractivity contribution in [2.75, 3.05) is 70.9 Å². The average molecular weight is 572 g/mol. The molecular formula is C25H42IN5O2. The number of likely N-dealkylation sites (tertiary alicyclic amines) is 1. The molecule has 8 heteroatoms. The number of anilines is 1. The van der Waals surface area contributed by atoms with E-state index < -0.39 is 0 Å². The Morgan fingerprint density at radius 1 is 1.12 bits per heavy atom. The number of piperidine rings is 1. The summed E-state index contributed by atoms with van der Waals surface area (Å²) >= 11 is 0. The Bertz CT molecular complexity index is 744. The maximum absolute atomic E-state index is 11.8. The number of ether oxygens (including phenoxy) is 1. The molecule has 0 bridgehead atoms. The van der Waals surface area contributed by atoms with Gasteiger partial charge in [0.25, 0.3) is 0 Å². The van der Waals surface area contributed by atoms with Crippen molar-refractivity contribution in [1.29, 1.82) is 0 Å². The van der Waals surface area contributed by atoms with Gasteiger partial charge in [0.05, 0.1) is 13.0 Å². The highest BCUT2D eigenvalue weighted by atomic mass is 127. The standard InChI is InChI=1S/C25H41N5O2.HI/c1-4-26-25(30-14-10-22(11-15-30)24(31)32-3)27-12-5-6-13-28-16-18-29(19-17-28)23-9-7-8-21(2)20-23;/h7-9,20,22H,4-6,10-19H2,1-3H3,(H,26,27);1H. The summed E-state index contributed by atoms with van der Waals surface area (Å²) in [5.41, 5.74) is 2.68. The van der Waals surface area contributed by atoms with Crippen molar-refractivity contribution < 1.29 is 9.53 Å². The van der Waals surface area contributed by atoms with Gasteiger partial charge in [-0.1, -0.05) is 12.1 Å². The van der Waals surface area contributed by atoms with Gasteiger partial charge in [0.15, 0.2) is 5.96 Å². The molecule has 2 heterocycles. The molecule has 0 atom stereocenters. The van der Waals surface area contributed by atoms with Crippen LogP contribution in [0.4, 0.5) is 5.69 Å². The summed E-state index contributed by atoms with van der Waals surface area (Å²) in [7, 11) is 1.48. The summed E-state index contributed by atoms with van der Waals surface area (Å²) in [6.07, 6.45) is 3.96. The lowest BCUT2D eigenvalue weighted by atomic mass is 9.97. The number of methoxy groups -OCH3 is 1. The summed E-state index contributed by atoms with van der Waals surface area (Å²) in [4.78, 5) is 24.0. The van der Waals surface area contributed by atoms with Gasteiger partial charge in [-0.3, -0.25) is 14.7 Å². The fourth-order valence-corrected chi connectivity index (χ4v) is 4.61. The number of nitrogens with zero attached hydrogens (tertiary/aromatic N) is 4. The molecule has 1 N–H and O–H groups in total. The Kier molecular flexibility index (Phi) is 12.3. The third kappa shape index (κ3) is 8.63. The predicted molar refractivity (Wildman–Crippen MR) is 147 cm³/mol. The number of esters is 1. The van der Waals surface area contributed by atoms with E-state index in [1.807, 2.05) is 0 Å². The van der Waals surface area contributed by atoms with E-state index >= 15 is 0 Å². The molecule has 2 saturated heterocycles. The number of piperazine rings is 1. The minimum Gasteiger partial charge on any atom is -0.469 e. The predicted octanol–water partition coefficient (Wildman–Crippen LogP) is 3.37. The van der Waals surface area contributed by atoms with Crippen LogP contribution in [0.25, 0.3) is 0 Å². The fraction of sp³-hybridized carbons (Fsp3) is 0.680. The maximum atomic E-state index is 11.8. The minimum absolute atomic E-state index is 0. The van der Waals surface area contributed by atoms with Gasteiger partial charge in [0, 0.05) is 58.0 Å². The van der Waals surface area contributed by atoms with Gasteiger partial charge in [-0.05, 0) is 63.8 Å². The third-order valence-electron chi connectivity index (χ3n) is 6.55. The normalized spacial score (nSPS) is 18.1. The quantitative estimate of drug-likeness (QED) is 0.170. The van der Waals surface area contributed by atoms with E-state index in [1.165, 1.54) is 24.8 Å². The van der Waals surface area contributed by atoms with Crippen LogP contribution in [0, 0.1) is 12.8 Å². The van der Waals surface area contributed by atoms with Crippen LogP contribution in [0.1, 0.15) is 38.2 Å². The summed E-state index contributed by atoms with van der Waals surface area (Å²) in [5.74, 6) is 0.944. The molecule has 1 aromatic rings. The van der Waals surface area contributed by atoms with Crippen LogP contribution >= 0.6 is 24.0 Å². The molecule has 0 amide bonds. The SMILES string of the molecule is CCNC(=NCCCCN1CCN(c2cccc(C)c2)CC1)N1CCC(C(=O)OC)CC1.I. The van der Waals surface area contributed by atoms with Crippen molar-refractivity contribution in [3.05, 3.63) is 29.8 Å². The van der Waals surface area contributed by atoms with Crippen LogP contribution in [0.3, 0.4) is 0 Å². The van der Waals surface area contributed by atoms with Gasteiger partial charge in [-0.25, -0.2) is 0 Å². The molecule has 0 spiro atoms. The lowest BCUT2D eigenvalue weighted by molar-refractivity contribution is -0.146. The van der Waals surface area contributed by atoms with Crippen LogP contribution < -0.4 is 10.2 Å². The molecule has 1 aromatic carbocycles. The minimum atomic E-state index is -0.0775. The highest BCUT2D eigenvalue weighted by molar-refractivity contribution is 14.0. The number of carbonyl (C=O) groups excluding carboxylic acids is 1. The maximum Gasteiger partial charge on any atom is 0.308 e. The number of unbranched alkanes of at least 4 members (excludes halogenated alkanes) is 1. The van der Waals surface area contributed by atoms with E-state index in [-0.39, 0.29) is 35.9 Å². The van der Waals surface area contributed by atoms with Crippen molar-refractivity contribution in [3.8, 4) is 0 Å². The largest absolute Gasteiger partial charge is 0.469 e. The molecule has 3 rings (SSSR count). The van der Waals surface area contributed by atoms with Crippen LogP contribution in [0.2, 0.25) is 0 Å². The number of rotatable bonds is 8. The van der Waals surface area contributed by atoms with Crippen molar-refractivity contribution in [2.24, 2.45) is 10.9 Å². The van der Waals surface area contributed by atoms with E-state index in [1.54, 1.807) is 0 Å². The van der Waals surface area contributed by atoms with Crippen molar-refractivity contribution >= 4 is 41.6 Å². The lowest BCUT2D eigenvalue weighted by Crippen LogP contribution is -2.47. The van der Waals surface area contributed by atoms with E-state index in [4.69, 9.17) is 9.73 Å². The molecule has 0 saturated carbocycles. The number of benzene rings is 1. The number of carbonyl (C=O) groups is 1. The summed E-state index contributed by atoms with van der Waals surface area (Å²) in [6.45, 7) is 13.3. The third-order valence-corrected chi connectivity index (χ3v) is 6.55.